The molecule has 0 saturated carbocycles. The maximum atomic E-state index is 13.5. The second-order valence-electron chi connectivity index (χ2n) is 7.45. The standard InChI is InChI=1S/C26H24ClN5OS/c1-4-18-13-22(21-9-8-19(14-23(21)27)20-7-6-10-28-15-20)26(33)32(5-2)25(18)31-17(3)30-16-24-29-11-12-34-24/h4,6-15,30H,3,5,16H2,1-2H3/b18-4-,31-25+. The summed E-state index contributed by atoms with van der Waals surface area (Å²) >= 11 is 8.22. The molecule has 0 saturated heterocycles. The van der Waals surface area contributed by atoms with Gasteiger partial charge in [-0.1, -0.05) is 42.5 Å². The van der Waals surface area contributed by atoms with E-state index in [1.54, 1.807) is 34.8 Å². The summed E-state index contributed by atoms with van der Waals surface area (Å²) in [6, 6.07) is 9.54. The molecule has 8 heteroatoms. The molecule has 6 nitrogen and oxygen atoms in total. The molecule has 1 N–H and O–H groups in total. The number of amidine groups is 1. The summed E-state index contributed by atoms with van der Waals surface area (Å²) in [6.07, 6.45) is 9.04. The summed E-state index contributed by atoms with van der Waals surface area (Å²) < 4.78 is 0. The predicted octanol–water partition coefficient (Wildman–Crippen LogP) is 5.71. The third-order valence-electron chi connectivity index (χ3n) is 5.34. The molecular weight excluding hydrogens is 466 g/mol. The van der Waals surface area contributed by atoms with Gasteiger partial charge in [0.1, 0.15) is 16.7 Å². The Labute approximate surface area is 208 Å². The van der Waals surface area contributed by atoms with Gasteiger partial charge in [-0.2, -0.15) is 0 Å². The van der Waals surface area contributed by atoms with Crippen LogP contribution in [-0.2, 0) is 11.3 Å². The van der Waals surface area contributed by atoms with Crippen LogP contribution in [0.25, 0.3) is 16.7 Å². The number of carbonyl (C=O) groups is 1. The van der Waals surface area contributed by atoms with Crippen molar-refractivity contribution in [2.45, 2.75) is 20.4 Å². The number of nitrogens with zero attached hydrogens (tertiary/aromatic N) is 4. The van der Waals surface area contributed by atoms with Crippen LogP contribution in [-0.4, -0.2) is 33.2 Å². The lowest BCUT2D eigenvalue weighted by molar-refractivity contribution is -0.121. The first-order valence-corrected chi connectivity index (χ1v) is 12.1. The molecule has 0 unspecified atom stereocenters. The summed E-state index contributed by atoms with van der Waals surface area (Å²) in [6.45, 7) is 8.83. The predicted molar refractivity (Wildman–Crippen MR) is 139 cm³/mol. The van der Waals surface area contributed by atoms with Crippen molar-refractivity contribution >= 4 is 40.3 Å². The number of hydrogen-bond donors (Lipinski definition) is 1. The molecule has 2 aromatic heterocycles. The summed E-state index contributed by atoms with van der Waals surface area (Å²) in [5, 5.41) is 6.52. The van der Waals surface area contributed by atoms with Crippen LogP contribution in [0, 0.1) is 0 Å². The molecular formula is C26H24ClN5OS. The van der Waals surface area contributed by atoms with Gasteiger partial charge in [0.25, 0.3) is 5.91 Å². The molecule has 1 amide bonds. The van der Waals surface area contributed by atoms with E-state index in [-0.39, 0.29) is 5.91 Å². The van der Waals surface area contributed by atoms with Gasteiger partial charge in [-0.3, -0.25) is 14.7 Å². The lowest BCUT2D eigenvalue weighted by atomic mass is 9.95. The fraction of sp³-hybridized carbons (Fsp3) is 0.154. The van der Waals surface area contributed by atoms with Crippen LogP contribution in [0.5, 0.6) is 0 Å². The van der Waals surface area contributed by atoms with Gasteiger partial charge in [0.2, 0.25) is 0 Å². The first-order chi connectivity index (χ1) is 16.5. The zero-order valence-electron chi connectivity index (χ0n) is 19.0. The smallest absolute Gasteiger partial charge is 0.260 e. The number of rotatable bonds is 7. The molecule has 34 heavy (non-hydrogen) atoms. The molecule has 0 atom stereocenters. The zero-order valence-corrected chi connectivity index (χ0v) is 20.5. The van der Waals surface area contributed by atoms with E-state index < -0.39 is 0 Å². The van der Waals surface area contributed by atoms with Gasteiger partial charge in [-0.05, 0) is 37.6 Å². The number of hydrogen-bond acceptors (Lipinski definition) is 6. The number of thiazole rings is 1. The van der Waals surface area contributed by atoms with E-state index in [4.69, 9.17) is 11.6 Å². The van der Waals surface area contributed by atoms with Crippen LogP contribution in [0.15, 0.2) is 89.4 Å². The maximum absolute atomic E-state index is 13.5. The van der Waals surface area contributed by atoms with E-state index in [1.807, 2.05) is 61.7 Å². The minimum absolute atomic E-state index is 0.157. The first-order valence-electron chi connectivity index (χ1n) is 10.8. The highest BCUT2D eigenvalue weighted by Gasteiger charge is 2.30. The van der Waals surface area contributed by atoms with Crippen LogP contribution in [0.3, 0.4) is 0 Å². The van der Waals surface area contributed by atoms with Crippen LogP contribution in [0.2, 0.25) is 5.02 Å². The van der Waals surface area contributed by atoms with Crippen molar-refractivity contribution in [2.24, 2.45) is 4.99 Å². The second kappa shape index (κ2) is 10.6. The largest absolute Gasteiger partial charge is 0.364 e. The van der Waals surface area contributed by atoms with E-state index in [9.17, 15) is 4.79 Å². The third-order valence-corrected chi connectivity index (χ3v) is 6.43. The quantitative estimate of drug-likeness (QED) is 0.461. The van der Waals surface area contributed by atoms with Gasteiger partial charge >= 0.3 is 0 Å². The molecule has 0 aliphatic carbocycles. The minimum atomic E-state index is -0.157. The van der Waals surface area contributed by atoms with E-state index in [0.29, 0.717) is 40.9 Å². The molecule has 0 radical (unpaired) electrons. The number of aliphatic imine (C=N–C) groups is 1. The number of allylic oxidation sites excluding steroid dienone is 1. The van der Waals surface area contributed by atoms with Gasteiger partial charge in [0, 0.05) is 57.8 Å². The molecule has 1 aliphatic heterocycles. The van der Waals surface area contributed by atoms with E-state index in [2.05, 4.69) is 26.9 Å². The average molecular weight is 490 g/mol. The van der Waals surface area contributed by atoms with Crippen molar-refractivity contribution in [3.63, 3.8) is 0 Å². The Balaban J connectivity index is 1.64. The van der Waals surface area contributed by atoms with Gasteiger partial charge in [0.05, 0.1) is 6.54 Å². The Bertz CT molecular complexity index is 1300. The van der Waals surface area contributed by atoms with Crippen molar-refractivity contribution in [1.82, 2.24) is 20.2 Å². The summed E-state index contributed by atoms with van der Waals surface area (Å²) in [7, 11) is 0. The van der Waals surface area contributed by atoms with Crippen molar-refractivity contribution in [3.05, 3.63) is 100 Å². The Morgan fingerprint density at radius 1 is 1.29 bits per heavy atom. The highest BCUT2D eigenvalue weighted by Crippen LogP contribution is 2.33. The number of pyridine rings is 1. The lowest BCUT2D eigenvalue weighted by Gasteiger charge is -2.30. The molecule has 0 fully saturated rings. The lowest BCUT2D eigenvalue weighted by Crippen LogP contribution is -2.41. The molecule has 1 aliphatic rings. The molecule has 0 spiro atoms. The van der Waals surface area contributed by atoms with Crippen LogP contribution in [0.4, 0.5) is 0 Å². The fourth-order valence-corrected chi connectivity index (χ4v) is 4.47. The molecule has 1 aromatic carbocycles. The van der Waals surface area contributed by atoms with Crippen molar-refractivity contribution in [3.8, 4) is 11.1 Å². The molecule has 172 valence electrons. The highest BCUT2D eigenvalue weighted by atomic mass is 35.5. The second-order valence-corrected chi connectivity index (χ2v) is 8.84. The van der Waals surface area contributed by atoms with E-state index in [1.165, 1.54) is 0 Å². The number of aromatic nitrogens is 2. The first kappa shape index (κ1) is 23.6. The number of likely N-dealkylation sites (N-methyl/N-ethyl adjacent to an activating group) is 1. The average Bonchev–Trinajstić information content (AvgIpc) is 3.38. The Hall–Kier alpha value is -3.55. The van der Waals surface area contributed by atoms with Crippen LogP contribution < -0.4 is 5.32 Å². The zero-order chi connectivity index (χ0) is 24.1. The molecule has 3 heterocycles. The number of benzene rings is 1. The number of halogens is 1. The third kappa shape index (κ3) is 5.00. The SMILES string of the molecule is C=C(/N=C1\C(=C/C)C=C(c2ccc(-c3cccnc3)cc2Cl)C(=O)N1CC)NCc1nccs1. The Kier molecular flexibility index (Phi) is 7.35. The highest BCUT2D eigenvalue weighted by molar-refractivity contribution is 7.09. The summed E-state index contributed by atoms with van der Waals surface area (Å²) in [4.78, 5) is 28.2. The maximum Gasteiger partial charge on any atom is 0.260 e. The summed E-state index contributed by atoms with van der Waals surface area (Å²) in [5.41, 5.74) is 3.92. The Morgan fingerprint density at radius 3 is 2.79 bits per heavy atom. The number of nitrogens with one attached hydrogen (secondary N) is 1. The summed E-state index contributed by atoms with van der Waals surface area (Å²) in [5.74, 6) is 0.862. The number of carbonyl (C=O) groups excluding carboxylic acids is 1. The van der Waals surface area contributed by atoms with Crippen molar-refractivity contribution < 1.29 is 4.79 Å². The van der Waals surface area contributed by atoms with E-state index in [0.717, 1.165) is 21.7 Å². The Morgan fingerprint density at radius 2 is 2.15 bits per heavy atom. The van der Waals surface area contributed by atoms with E-state index >= 15 is 0 Å². The molecule has 3 aromatic rings. The normalized spacial score (nSPS) is 16.1. The van der Waals surface area contributed by atoms with Gasteiger partial charge in [0.15, 0.2) is 0 Å². The molecule has 0 bridgehead atoms. The number of amides is 1. The topological polar surface area (TPSA) is 70.5 Å². The van der Waals surface area contributed by atoms with Gasteiger partial charge in [-0.25, -0.2) is 9.98 Å². The minimum Gasteiger partial charge on any atom is -0.364 e. The molecule has 4 rings (SSSR count). The van der Waals surface area contributed by atoms with Gasteiger partial charge in [-0.15, -0.1) is 11.3 Å². The van der Waals surface area contributed by atoms with Crippen molar-refractivity contribution in [2.75, 3.05) is 6.54 Å². The van der Waals surface area contributed by atoms with Gasteiger partial charge < -0.3 is 5.32 Å². The fourth-order valence-electron chi connectivity index (χ4n) is 3.63. The van der Waals surface area contributed by atoms with Crippen LogP contribution in [0.1, 0.15) is 24.4 Å². The monoisotopic (exact) mass is 489 g/mol. The van der Waals surface area contributed by atoms with Crippen molar-refractivity contribution in [1.29, 1.82) is 0 Å². The van der Waals surface area contributed by atoms with Crippen LogP contribution >= 0.6 is 22.9 Å².